The van der Waals surface area contributed by atoms with E-state index in [1.54, 1.807) is 0 Å². The lowest BCUT2D eigenvalue weighted by molar-refractivity contribution is -0.137. The maximum atomic E-state index is 12.9. The largest absolute Gasteiger partial charge is 0.472 e. The fourth-order valence-electron chi connectivity index (χ4n) is 1.63. The summed E-state index contributed by atoms with van der Waals surface area (Å²) in [7, 11) is 0. The van der Waals surface area contributed by atoms with Crippen molar-refractivity contribution in [2.24, 2.45) is 0 Å². The van der Waals surface area contributed by atoms with Crippen molar-refractivity contribution in [3.63, 3.8) is 0 Å². The number of ether oxygens (including phenoxy) is 1. The van der Waals surface area contributed by atoms with Gasteiger partial charge in [-0.05, 0) is 23.9 Å². The summed E-state index contributed by atoms with van der Waals surface area (Å²) >= 11 is 1.48. The van der Waals surface area contributed by atoms with E-state index in [0.29, 0.717) is 6.54 Å². The molecule has 0 aliphatic carbocycles. The molecule has 0 aliphatic rings. The zero-order valence-electron chi connectivity index (χ0n) is 11.4. The molecule has 0 spiro atoms. The number of halogens is 3. The summed E-state index contributed by atoms with van der Waals surface area (Å²) in [4.78, 5) is 4.98. The third kappa shape index (κ3) is 4.63. The number of pyridine rings is 1. The molecule has 0 bridgehead atoms. The van der Waals surface area contributed by atoms with Gasteiger partial charge in [0.2, 0.25) is 5.88 Å². The smallest absolute Gasteiger partial charge is 0.416 e. The zero-order valence-corrected chi connectivity index (χ0v) is 12.2. The van der Waals surface area contributed by atoms with Gasteiger partial charge in [0.15, 0.2) is 0 Å². The summed E-state index contributed by atoms with van der Waals surface area (Å²) in [6.07, 6.45) is -3.63. The fourth-order valence-corrected chi connectivity index (χ4v) is 2.24. The van der Waals surface area contributed by atoms with E-state index in [1.165, 1.54) is 11.3 Å². The fraction of sp³-hybridized carbons (Fsp3) is 0.357. The Morgan fingerprint density at radius 2 is 2.14 bits per heavy atom. The first kappa shape index (κ1) is 15.6. The maximum Gasteiger partial charge on any atom is 0.416 e. The van der Waals surface area contributed by atoms with E-state index in [-0.39, 0.29) is 18.3 Å². The summed E-state index contributed by atoms with van der Waals surface area (Å²) in [5, 5.41) is 4.73. The summed E-state index contributed by atoms with van der Waals surface area (Å²) in [6, 6.07) is 5.63. The van der Waals surface area contributed by atoms with Crippen LogP contribution in [-0.2, 0) is 12.8 Å². The van der Waals surface area contributed by atoms with Crippen molar-refractivity contribution in [3.8, 4) is 5.88 Å². The van der Waals surface area contributed by atoms with Crippen LogP contribution in [0.5, 0.6) is 5.88 Å². The van der Waals surface area contributed by atoms with Gasteiger partial charge in [-0.2, -0.15) is 18.2 Å². The molecule has 2 aromatic heterocycles. The minimum atomic E-state index is -4.42. The average molecular weight is 316 g/mol. The number of hydrogen-bond acceptors (Lipinski definition) is 4. The van der Waals surface area contributed by atoms with Crippen LogP contribution in [0, 0.1) is 0 Å². The average Bonchev–Trinajstić information content (AvgIpc) is 2.95. The topological polar surface area (TPSA) is 34.1 Å². The number of hydrogen-bond donors (Lipinski definition) is 1. The van der Waals surface area contributed by atoms with E-state index in [4.69, 9.17) is 4.74 Å². The molecule has 0 aromatic carbocycles. The van der Waals surface area contributed by atoms with Gasteiger partial charge >= 0.3 is 6.18 Å². The molecule has 3 nitrogen and oxygen atoms in total. The molecule has 7 heteroatoms. The van der Waals surface area contributed by atoms with E-state index in [9.17, 15) is 13.2 Å². The van der Waals surface area contributed by atoms with Crippen LogP contribution in [0.2, 0.25) is 0 Å². The van der Waals surface area contributed by atoms with E-state index in [2.05, 4.69) is 10.3 Å². The number of thiophene rings is 1. The Kier molecular flexibility index (Phi) is 5.06. The standard InChI is InChI=1S/C14H15F3N2OS/c1-2-5-18-12-7-10(14(15,16)17)8-13(19-12)20-9-11-4-3-6-21-11/h3-4,6-8H,2,5,9H2,1H3,(H,18,19). The van der Waals surface area contributed by atoms with E-state index < -0.39 is 11.7 Å². The molecule has 0 atom stereocenters. The van der Waals surface area contributed by atoms with Crippen LogP contribution in [0.3, 0.4) is 0 Å². The van der Waals surface area contributed by atoms with Crippen LogP contribution in [0.25, 0.3) is 0 Å². The van der Waals surface area contributed by atoms with Crippen molar-refractivity contribution in [3.05, 3.63) is 40.1 Å². The quantitative estimate of drug-likeness (QED) is 0.848. The molecule has 2 rings (SSSR count). The second-order valence-electron chi connectivity index (χ2n) is 4.37. The number of alkyl halides is 3. The molecule has 0 fully saturated rings. The minimum absolute atomic E-state index is 0.0307. The Bertz CT molecular complexity index is 570. The highest BCUT2D eigenvalue weighted by Crippen LogP contribution is 2.32. The SMILES string of the molecule is CCCNc1cc(C(F)(F)F)cc(OCc2cccs2)n1. The van der Waals surface area contributed by atoms with Gasteiger partial charge in [-0.15, -0.1) is 11.3 Å². The first-order valence-corrected chi connectivity index (χ1v) is 7.35. The second kappa shape index (κ2) is 6.80. The summed E-state index contributed by atoms with van der Waals surface area (Å²) in [6.45, 7) is 2.69. The number of rotatable bonds is 6. The van der Waals surface area contributed by atoms with Gasteiger partial charge in [0.1, 0.15) is 12.4 Å². The number of anilines is 1. The van der Waals surface area contributed by atoms with Crippen LogP contribution in [0.15, 0.2) is 29.6 Å². The van der Waals surface area contributed by atoms with Crippen molar-refractivity contribution in [2.75, 3.05) is 11.9 Å². The van der Waals surface area contributed by atoms with Gasteiger partial charge in [0, 0.05) is 17.5 Å². The highest BCUT2D eigenvalue weighted by atomic mass is 32.1. The van der Waals surface area contributed by atoms with Crippen molar-refractivity contribution in [2.45, 2.75) is 26.1 Å². The zero-order chi connectivity index (χ0) is 15.3. The molecule has 1 N–H and O–H groups in total. The number of nitrogens with one attached hydrogen (secondary N) is 1. The minimum Gasteiger partial charge on any atom is -0.472 e. The Morgan fingerprint density at radius 1 is 1.33 bits per heavy atom. The molecular weight excluding hydrogens is 301 g/mol. The van der Waals surface area contributed by atoms with Gasteiger partial charge in [-0.1, -0.05) is 13.0 Å². The molecule has 0 saturated heterocycles. The Morgan fingerprint density at radius 3 is 2.76 bits per heavy atom. The van der Waals surface area contributed by atoms with Crippen LogP contribution < -0.4 is 10.1 Å². The normalized spacial score (nSPS) is 11.4. The van der Waals surface area contributed by atoms with Crippen LogP contribution >= 0.6 is 11.3 Å². The molecule has 0 amide bonds. The molecule has 0 aliphatic heterocycles. The molecule has 21 heavy (non-hydrogen) atoms. The van der Waals surface area contributed by atoms with Gasteiger partial charge in [-0.3, -0.25) is 0 Å². The van der Waals surface area contributed by atoms with Gasteiger partial charge in [0.25, 0.3) is 0 Å². The predicted octanol–water partition coefficient (Wildman–Crippen LogP) is 4.56. The van der Waals surface area contributed by atoms with Crippen molar-refractivity contribution in [1.82, 2.24) is 4.98 Å². The molecular formula is C14H15F3N2OS. The second-order valence-corrected chi connectivity index (χ2v) is 5.40. The van der Waals surface area contributed by atoms with Crippen molar-refractivity contribution in [1.29, 1.82) is 0 Å². The lowest BCUT2D eigenvalue weighted by Crippen LogP contribution is -2.10. The van der Waals surface area contributed by atoms with Crippen LogP contribution in [-0.4, -0.2) is 11.5 Å². The molecule has 114 valence electrons. The number of nitrogens with zero attached hydrogens (tertiary/aromatic N) is 1. The van der Waals surface area contributed by atoms with Gasteiger partial charge < -0.3 is 10.1 Å². The Hall–Kier alpha value is -1.76. The van der Waals surface area contributed by atoms with E-state index in [1.807, 2.05) is 24.4 Å². The monoisotopic (exact) mass is 316 g/mol. The first-order chi connectivity index (χ1) is 9.99. The molecule has 0 saturated carbocycles. The van der Waals surface area contributed by atoms with Crippen LogP contribution in [0.1, 0.15) is 23.8 Å². The van der Waals surface area contributed by atoms with E-state index >= 15 is 0 Å². The summed E-state index contributed by atoms with van der Waals surface area (Å²) < 4.78 is 44.0. The maximum absolute atomic E-state index is 12.9. The highest BCUT2D eigenvalue weighted by Gasteiger charge is 2.32. The van der Waals surface area contributed by atoms with Crippen LogP contribution in [0.4, 0.5) is 19.0 Å². The molecule has 2 heterocycles. The first-order valence-electron chi connectivity index (χ1n) is 6.47. The predicted molar refractivity (Wildman–Crippen MR) is 76.7 cm³/mol. The van der Waals surface area contributed by atoms with Gasteiger partial charge in [0.05, 0.1) is 5.56 Å². The molecule has 0 unspecified atom stereocenters. The van der Waals surface area contributed by atoms with Gasteiger partial charge in [-0.25, -0.2) is 0 Å². The Balaban J connectivity index is 2.17. The Labute approximate surface area is 124 Å². The third-order valence-corrected chi connectivity index (χ3v) is 3.48. The highest BCUT2D eigenvalue weighted by molar-refractivity contribution is 7.09. The lowest BCUT2D eigenvalue weighted by Gasteiger charge is -2.12. The molecule has 0 radical (unpaired) electrons. The van der Waals surface area contributed by atoms with E-state index in [0.717, 1.165) is 23.4 Å². The number of aromatic nitrogens is 1. The van der Waals surface area contributed by atoms with Crippen molar-refractivity contribution < 1.29 is 17.9 Å². The summed E-state index contributed by atoms with van der Waals surface area (Å²) in [5.41, 5.74) is -0.766. The lowest BCUT2D eigenvalue weighted by atomic mass is 10.2. The summed E-state index contributed by atoms with van der Waals surface area (Å²) in [5.74, 6) is 0.143. The molecule has 2 aromatic rings. The third-order valence-electron chi connectivity index (χ3n) is 2.63. The van der Waals surface area contributed by atoms with Crippen molar-refractivity contribution >= 4 is 17.2 Å².